The smallest absolute Gasteiger partial charge is 0.292 e. The minimum atomic E-state index is -0.341. The average molecular weight is 291 g/mol. The summed E-state index contributed by atoms with van der Waals surface area (Å²) in [5.41, 5.74) is 1.88. The van der Waals surface area contributed by atoms with Crippen molar-refractivity contribution >= 4 is 11.4 Å². The Morgan fingerprint density at radius 3 is 2.67 bits per heavy atom. The number of rotatable bonds is 6. The highest BCUT2D eigenvalue weighted by atomic mass is 16.6. The molecular weight excluding hydrogens is 266 g/mol. The molecule has 0 spiro atoms. The van der Waals surface area contributed by atoms with Crippen molar-refractivity contribution < 1.29 is 4.92 Å². The molecule has 1 aromatic carbocycles. The van der Waals surface area contributed by atoms with Crippen molar-refractivity contribution in [2.45, 2.75) is 39.2 Å². The van der Waals surface area contributed by atoms with Crippen molar-refractivity contribution in [3.05, 3.63) is 33.9 Å². The Morgan fingerprint density at radius 2 is 2.10 bits per heavy atom. The molecular formula is C16H25N3O2. The molecule has 0 unspecified atom stereocenters. The van der Waals surface area contributed by atoms with E-state index >= 15 is 0 Å². The summed E-state index contributed by atoms with van der Waals surface area (Å²) in [6.07, 6.45) is 5.17. The number of anilines is 1. The van der Waals surface area contributed by atoms with E-state index in [9.17, 15) is 10.1 Å². The number of nitro groups is 1. The molecule has 0 amide bonds. The lowest BCUT2D eigenvalue weighted by molar-refractivity contribution is -0.384. The Morgan fingerprint density at radius 1 is 1.38 bits per heavy atom. The molecule has 1 saturated heterocycles. The van der Waals surface area contributed by atoms with E-state index in [-0.39, 0.29) is 10.6 Å². The lowest BCUT2D eigenvalue weighted by Gasteiger charge is -2.31. The molecule has 116 valence electrons. The molecule has 0 saturated carbocycles. The molecule has 1 aromatic rings. The largest absolute Gasteiger partial charge is 0.383 e. The summed E-state index contributed by atoms with van der Waals surface area (Å²) in [4.78, 5) is 13.0. The number of nitrogens with zero attached hydrogens (tertiary/aromatic N) is 2. The first-order valence-corrected chi connectivity index (χ1v) is 7.81. The third kappa shape index (κ3) is 4.17. The second kappa shape index (κ2) is 7.41. The van der Waals surface area contributed by atoms with E-state index in [0.717, 1.165) is 31.1 Å². The standard InChI is InChI=1S/C16H25N3O2/c1-3-4-13-7-9-18(10-8-13)12-14-5-6-16(19(20)21)15(11-14)17-2/h5-6,11,13,17H,3-4,7-10,12H2,1-2H3. The minimum Gasteiger partial charge on any atom is -0.383 e. The zero-order valence-corrected chi connectivity index (χ0v) is 13.0. The highest BCUT2D eigenvalue weighted by molar-refractivity contribution is 5.62. The average Bonchev–Trinajstić information content (AvgIpc) is 2.49. The first-order valence-electron chi connectivity index (χ1n) is 7.81. The molecule has 1 aliphatic heterocycles. The monoisotopic (exact) mass is 291 g/mol. The van der Waals surface area contributed by atoms with Gasteiger partial charge in [-0.05, 0) is 43.5 Å². The molecule has 0 bridgehead atoms. The zero-order chi connectivity index (χ0) is 15.2. The molecule has 1 aliphatic rings. The van der Waals surface area contributed by atoms with Gasteiger partial charge < -0.3 is 5.32 Å². The SMILES string of the molecule is CCCC1CCN(Cc2ccc([N+](=O)[O-])c(NC)c2)CC1. The van der Waals surface area contributed by atoms with Crippen LogP contribution >= 0.6 is 0 Å². The van der Waals surface area contributed by atoms with Crippen LogP contribution in [0.4, 0.5) is 11.4 Å². The van der Waals surface area contributed by atoms with Crippen molar-refractivity contribution in [1.82, 2.24) is 4.90 Å². The van der Waals surface area contributed by atoms with Gasteiger partial charge in [-0.2, -0.15) is 0 Å². The quantitative estimate of drug-likeness (QED) is 0.642. The Bertz CT molecular complexity index is 482. The summed E-state index contributed by atoms with van der Waals surface area (Å²) >= 11 is 0. The van der Waals surface area contributed by atoms with E-state index in [1.807, 2.05) is 12.1 Å². The van der Waals surface area contributed by atoms with Gasteiger partial charge in [-0.25, -0.2) is 0 Å². The Kier molecular flexibility index (Phi) is 5.56. The van der Waals surface area contributed by atoms with Crippen LogP contribution in [0.2, 0.25) is 0 Å². The van der Waals surface area contributed by atoms with Gasteiger partial charge in [-0.1, -0.05) is 25.8 Å². The number of hydrogen-bond donors (Lipinski definition) is 1. The number of nitrogens with one attached hydrogen (secondary N) is 1. The lowest BCUT2D eigenvalue weighted by Crippen LogP contribution is -2.33. The maximum Gasteiger partial charge on any atom is 0.292 e. The van der Waals surface area contributed by atoms with E-state index in [1.54, 1.807) is 13.1 Å². The normalized spacial score (nSPS) is 16.9. The van der Waals surface area contributed by atoms with Crippen molar-refractivity contribution in [3.63, 3.8) is 0 Å². The van der Waals surface area contributed by atoms with Crippen LogP contribution in [-0.4, -0.2) is 30.0 Å². The van der Waals surface area contributed by atoms with Gasteiger partial charge in [0.1, 0.15) is 5.69 Å². The van der Waals surface area contributed by atoms with Gasteiger partial charge in [-0.15, -0.1) is 0 Å². The van der Waals surface area contributed by atoms with Gasteiger partial charge in [0.25, 0.3) is 5.69 Å². The second-order valence-electron chi connectivity index (χ2n) is 5.87. The number of likely N-dealkylation sites (tertiary alicyclic amines) is 1. The van der Waals surface area contributed by atoms with E-state index in [1.165, 1.54) is 25.7 Å². The number of benzene rings is 1. The van der Waals surface area contributed by atoms with Gasteiger partial charge in [0.05, 0.1) is 4.92 Å². The van der Waals surface area contributed by atoms with Gasteiger partial charge in [0.15, 0.2) is 0 Å². The van der Waals surface area contributed by atoms with E-state index < -0.39 is 0 Å². The fourth-order valence-corrected chi connectivity index (χ4v) is 3.14. The van der Waals surface area contributed by atoms with Crippen molar-refractivity contribution in [1.29, 1.82) is 0 Å². The lowest BCUT2D eigenvalue weighted by atomic mass is 9.92. The van der Waals surface area contributed by atoms with Crippen LogP contribution in [0.1, 0.15) is 38.2 Å². The Balaban J connectivity index is 1.96. The van der Waals surface area contributed by atoms with Crippen LogP contribution in [0.3, 0.4) is 0 Å². The number of piperidine rings is 1. The first kappa shape index (κ1) is 15.8. The molecule has 5 heteroatoms. The van der Waals surface area contributed by atoms with Crippen LogP contribution in [0.25, 0.3) is 0 Å². The minimum absolute atomic E-state index is 0.142. The predicted molar refractivity (Wildman–Crippen MR) is 85.6 cm³/mol. The topological polar surface area (TPSA) is 58.4 Å². The highest BCUT2D eigenvalue weighted by Crippen LogP contribution is 2.27. The maximum absolute atomic E-state index is 10.9. The predicted octanol–water partition coefficient (Wildman–Crippen LogP) is 3.65. The fraction of sp³-hybridized carbons (Fsp3) is 0.625. The first-order chi connectivity index (χ1) is 10.1. The Labute approximate surface area is 126 Å². The molecule has 0 atom stereocenters. The molecule has 0 radical (unpaired) electrons. The summed E-state index contributed by atoms with van der Waals surface area (Å²) in [5.74, 6) is 0.885. The van der Waals surface area contributed by atoms with Crippen LogP contribution < -0.4 is 5.32 Å². The molecule has 0 aromatic heterocycles. The van der Waals surface area contributed by atoms with Gasteiger partial charge in [-0.3, -0.25) is 15.0 Å². The van der Waals surface area contributed by atoms with Gasteiger partial charge in [0.2, 0.25) is 0 Å². The summed E-state index contributed by atoms with van der Waals surface area (Å²) in [7, 11) is 1.72. The molecule has 1 fully saturated rings. The van der Waals surface area contributed by atoms with E-state index in [0.29, 0.717) is 5.69 Å². The van der Waals surface area contributed by atoms with Crippen LogP contribution in [0, 0.1) is 16.0 Å². The third-order valence-corrected chi connectivity index (χ3v) is 4.34. The summed E-state index contributed by atoms with van der Waals surface area (Å²) in [6.45, 7) is 5.40. The second-order valence-corrected chi connectivity index (χ2v) is 5.87. The highest BCUT2D eigenvalue weighted by Gasteiger charge is 2.19. The fourth-order valence-electron chi connectivity index (χ4n) is 3.14. The molecule has 1 heterocycles. The Hall–Kier alpha value is -1.62. The summed E-state index contributed by atoms with van der Waals surface area (Å²) in [6, 6.07) is 5.37. The van der Waals surface area contributed by atoms with Crippen LogP contribution in [0.15, 0.2) is 18.2 Å². The number of hydrogen-bond acceptors (Lipinski definition) is 4. The maximum atomic E-state index is 10.9. The molecule has 5 nitrogen and oxygen atoms in total. The third-order valence-electron chi connectivity index (χ3n) is 4.34. The van der Waals surface area contributed by atoms with E-state index in [2.05, 4.69) is 17.1 Å². The zero-order valence-electron chi connectivity index (χ0n) is 13.0. The number of nitro benzene ring substituents is 1. The molecule has 2 rings (SSSR count). The summed E-state index contributed by atoms with van der Waals surface area (Å²) < 4.78 is 0. The van der Waals surface area contributed by atoms with Gasteiger partial charge in [0, 0.05) is 19.7 Å². The van der Waals surface area contributed by atoms with E-state index in [4.69, 9.17) is 0 Å². The van der Waals surface area contributed by atoms with Gasteiger partial charge >= 0.3 is 0 Å². The van der Waals surface area contributed by atoms with Crippen molar-refractivity contribution in [2.24, 2.45) is 5.92 Å². The molecule has 21 heavy (non-hydrogen) atoms. The van der Waals surface area contributed by atoms with Crippen molar-refractivity contribution in [2.75, 3.05) is 25.5 Å². The van der Waals surface area contributed by atoms with Crippen LogP contribution in [-0.2, 0) is 6.54 Å². The molecule has 0 aliphatic carbocycles. The molecule has 1 N–H and O–H groups in total. The van der Waals surface area contributed by atoms with Crippen LogP contribution in [0.5, 0.6) is 0 Å². The van der Waals surface area contributed by atoms with Crippen molar-refractivity contribution in [3.8, 4) is 0 Å². The summed E-state index contributed by atoms with van der Waals surface area (Å²) in [5, 5.41) is 13.9.